The van der Waals surface area contributed by atoms with Crippen LogP contribution < -0.4 is 5.32 Å². The van der Waals surface area contributed by atoms with Gasteiger partial charge in [0.1, 0.15) is 0 Å². The molecule has 2 aromatic rings. The van der Waals surface area contributed by atoms with Crippen molar-refractivity contribution in [3.63, 3.8) is 0 Å². The third-order valence-corrected chi connectivity index (χ3v) is 6.25. The predicted molar refractivity (Wildman–Crippen MR) is 118 cm³/mol. The van der Waals surface area contributed by atoms with Gasteiger partial charge in [0.15, 0.2) is 0 Å². The number of hydrogen-bond donors (Lipinski definition) is 1. The maximum absolute atomic E-state index is 6.10. The first-order valence-corrected chi connectivity index (χ1v) is 10.4. The van der Waals surface area contributed by atoms with Crippen molar-refractivity contribution < 1.29 is 4.74 Å². The van der Waals surface area contributed by atoms with E-state index >= 15 is 0 Å². The summed E-state index contributed by atoms with van der Waals surface area (Å²) in [6.07, 6.45) is 2.21. The first kappa shape index (κ1) is 20.2. The quantitative estimate of drug-likeness (QED) is 0.550. The molecule has 27 heavy (non-hydrogen) atoms. The minimum Gasteiger partial charge on any atom is -0.374 e. The Balaban J connectivity index is 1.89. The molecule has 1 saturated heterocycles. The third kappa shape index (κ3) is 5.23. The van der Waals surface area contributed by atoms with Gasteiger partial charge in [-0.1, -0.05) is 71.9 Å². The van der Waals surface area contributed by atoms with Crippen LogP contribution >= 0.6 is 23.4 Å². The van der Waals surface area contributed by atoms with Gasteiger partial charge in [-0.15, -0.1) is 0 Å². The fourth-order valence-electron chi connectivity index (χ4n) is 3.18. The largest absolute Gasteiger partial charge is 0.374 e. The molecule has 3 rings (SSSR count). The van der Waals surface area contributed by atoms with Crippen LogP contribution in [0.5, 0.6) is 0 Å². The Morgan fingerprint density at radius 1 is 1.22 bits per heavy atom. The van der Waals surface area contributed by atoms with E-state index in [9.17, 15) is 0 Å². The number of benzene rings is 2. The topological polar surface area (TPSA) is 33.6 Å². The van der Waals surface area contributed by atoms with Crippen LogP contribution in [-0.4, -0.2) is 37.9 Å². The summed E-state index contributed by atoms with van der Waals surface area (Å²) in [5.74, 6) is 0. The predicted octanol–water partition coefficient (Wildman–Crippen LogP) is 5.23. The first-order chi connectivity index (χ1) is 13.2. The maximum Gasteiger partial charge on any atom is 0.0982 e. The van der Waals surface area contributed by atoms with Gasteiger partial charge in [-0.2, -0.15) is 0 Å². The standard InChI is InChI=1S/C22H25ClN2OS/c1-3-19(16-9-11-18(23)12-10-16)22(24-2)27-21(17-7-5-4-6-8-17)20-15-25-13-14-26-20/h3-12,20-21,25H,13-15H2,1-2H3/b19-3-,24-22?. The molecule has 0 aromatic heterocycles. The van der Waals surface area contributed by atoms with Crippen molar-refractivity contribution in [3.8, 4) is 0 Å². The van der Waals surface area contributed by atoms with E-state index in [4.69, 9.17) is 16.3 Å². The Kier molecular flexibility index (Phi) is 7.53. The molecule has 0 aliphatic carbocycles. The molecule has 1 heterocycles. The van der Waals surface area contributed by atoms with Crippen molar-refractivity contribution >= 4 is 34.0 Å². The van der Waals surface area contributed by atoms with Crippen molar-refractivity contribution in [1.29, 1.82) is 0 Å². The van der Waals surface area contributed by atoms with E-state index in [1.165, 1.54) is 5.56 Å². The molecular weight excluding hydrogens is 376 g/mol. The van der Waals surface area contributed by atoms with Gasteiger partial charge in [0.2, 0.25) is 0 Å². The second-order valence-corrected chi connectivity index (χ2v) is 7.87. The Bertz CT molecular complexity index is 784. The molecule has 1 aliphatic rings. The Labute approximate surface area is 170 Å². The van der Waals surface area contributed by atoms with Crippen molar-refractivity contribution in [2.45, 2.75) is 18.3 Å². The molecule has 0 amide bonds. The van der Waals surface area contributed by atoms with E-state index in [1.54, 1.807) is 11.8 Å². The lowest BCUT2D eigenvalue weighted by Gasteiger charge is -2.31. The van der Waals surface area contributed by atoms with Gasteiger partial charge in [0.05, 0.1) is 23.0 Å². The van der Waals surface area contributed by atoms with Gasteiger partial charge in [0, 0.05) is 30.7 Å². The van der Waals surface area contributed by atoms with Gasteiger partial charge in [-0.3, -0.25) is 4.99 Å². The number of rotatable bonds is 5. The van der Waals surface area contributed by atoms with E-state index in [1.807, 2.05) is 44.3 Å². The molecule has 0 spiro atoms. The van der Waals surface area contributed by atoms with Gasteiger partial charge in [0.25, 0.3) is 0 Å². The second-order valence-electron chi connectivity index (χ2n) is 6.30. The van der Waals surface area contributed by atoms with Crippen molar-refractivity contribution in [2.75, 3.05) is 26.7 Å². The summed E-state index contributed by atoms with van der Waals surface area (Å²) in [6.45, 7) is 4.53. The highest BCUT2D eigenvalue weighted by atomic mass is 35.5. The number of hydrogen-bond acceptors (Lipinski definition) is 4. The molecule has 0 radical (unpaired) electrons. The monoisotopic (exact) mass is 400 g/mol. The number of allylic oxidation sites excluding steroid dienone is 1. The number of nitrogens with zero attached hydrogens (tertiary/aromatic N) is 1. The summed E-state index contributed by atoms with van der Waals surface area (Å²) in [5.41, 5.74) is 3.48. The van der Waals surface area contributed by atoms with Crippen LogP contribution in [0.3, 0.4) is 0 Å². The summed E-state index contributed by atoms with van der Waals surface area (Å²) in [4.78, 5) is 4.62. The molecular formula is C22H25ClN2OS. The molecule has 142 valence electrons. The van der Waals surface area contributed by atoms with E-state index in [0.717, 1.165) is 40.9 Å². The number of ether oxygens (including phenoxy) is 1. The van der Waals surface area contributed by atoms with E-state index in [2.05, 4.69) is 40.7 Å². The smallest absolute Gasteiger partial charge is 0.0982 e. The Morgan fingerprint density at radius 3 is 2.56 bits per heavy atom. The van der Waals surface area contributed by atoms with Crippen LogP contribution in [-0.2, 0) is 4.74 Å². The number of morpholine rings is 1. The van der Waals surface area contributed by atoms with Gasteiger partial charge in [-0.05, 0) is 30.2 Å². The van der Waals surface area contributed by atoms with Crippen LogP contribution in [0.1, 0.15) is 23.3 Å². The highest BCUT2D eigenvalue weighted by molar-refractivity contribution is 8.15. The molecule has 2 atom stereocenters. The van der Waals surface area contributed by atoms with Crippen LogP contribution in [0.25, 0.3) is 5.57 Å². The lowest BCUT2D eigenvalue weighted by molar-refractivity contribution is 0.0275. The summed E-state index contributed by atoms with van der Waals surface area (Å²) in [6, 6.07) is 18.5. The lowest BCUT2D eigenvalue weighted by atomic mass is 10.1. The summed E-state index contributed by atoms with van der Waals surface area (Å²) in [7, 11) is 1.85. The average molecular weight is 401 g/mol. The number of thioether (sulfide) groups is 1. The van der Waals surface area contributed by atoms with Crippen LogP contribution in [0.15, 0.2) is 65.7 Å². The number of aliphatic imine (C=N–C) groups is 1. The Hall–Kier alpha value is -1.59. The minimum absolute atomic E-state index is 0.103. The van der Waals surface area contributed by atoms with Crippen molar-refractivity contribution in [2.24, 2.45) is 4.99 Å². The number of halogens is 1. The van der Waals surface area contributed by atoms with E-state index in [-0.39, 0.29) is 11.4 Å². The molecule has 2 unspecified atom stereocenters. The third-order valence-electron chi connectivity index (χ3n) is 4.54. The highest BCUT2D eigenvalue weighted by Gasteiger charge is 2.29. The van der Waals surface area contributed by atoms with Crippen LogP contribution in [0, 0.1) is 0 Å². The normalized spacial score (nSPS) is 19.7. The molecule has 3 nitrogen and oxygen atoms in total. The van der Waals surface area contributed by atoms with Crippen LogP contribution in [0.2, 0.25) is 5.02 Å². The molecule has 0 saturated carbocycles. The van der Waals surface area contributed by atoms with E-state index < -0.39 is 0 Å². The summed E-state index contributed by atoms with van der Waals surface area (Å²) >= 11 is 7.83. The summed E-state index contributed by atoms with van der Waals surface area (Å²) in [5, 5.41) is 5.36. The first-order valence-electron chi connectivity index (χ1n) is 9.16. The molecule has 1 N–H and O–H groups in total. The van der Waals surface area contributed by atoms with Crippen molar-refractivity contribution in [3.05, 3.63) is 76.8 Å². The minimum atomic E-state index is 0.103. The second kappa shape index (κ2) is 10.1. The highest BCUT2D eigenvalue weighted by Crippen LogP contribution is 2.38. The Morgan fingerprint density at radius 2 is 1.96 bits per heavy atom. The van der Waals surface area contributed by atoms with Gasteiger partial charge in [-0.25, -0.2) is 0 Å². The lowest BCUT2D eigenvalue weighted by Crippen LogP contribution is -2.41. The zero-order valence-corrected chi connectivity index (χ0v) is 17.3. The zero-order chi connectivity index (χ0) is 19.1. The molecule has 5 heteroatoms. The number of nitrogens with one attached hydrogen (secondary N) is 1. The maximum atomic E-state index is 6.10. The SMILES string of the molecule is C/C=C(\C(=NC)SC(c1ccccc1)C1CNCCO1)c1ccc(Cl)cc1. The van der Waals surface area contributed by atoms with E-state index in [0.29, 0.717) is 0 Å². The zero-order valence-electron chi connectivity index (χ0n) is 15.7. The summed E-state index contributed by atoms with van der Waals surface area (Å²) < 4.78 is 6.10. The molecule has 1 aliphatic heterocycles. The fraction of sp³-hybridized carbons (Fsp3) is 0.318. The van der Waals surface area contributed by atoms with Crippen LogP contribution in [0.4, 0.5) is 0 Å². The van der Waals surface area contributed by atoms with Gasteiger partial charge < -0.3 is 10.1 Å². The molecule has 2 aromatic carbocycles. The fourth-order valence-corrected chi connectivity index (χ4v) is 4.64. The molecule has 0 bridgehead atoms. The van der Waals surface area contributed by atoms with Gasteiger partial charge >= 0.3 is 0 Å². The molecule has 1 fully saturated rings. The average Bonchev–Trinajstić information content (AvgIpc) is 2.73. The van der Waals surface area contributed by atoms with Crippen molar-refractivity contribution in [1.82, 2.24) is 5.32 Å².